The van der Waals surface area contributed by atoms with Crippen LogP contribution in [-0.2, 0) is 10.2 Å². The summed E-state index contributed by atoms with van der Waals surface area (Å²) in [5, 5.41) is 21.4. The number of carbonyl (C=O) groups excluding carboxylic acids is 2. The fraction of sp³-hybridized carbons (Fsp3) is 0.370. The summed E-state index contributed by atoms with van der Waals surface area (Å²) < 4.78 is 6.84. The van der Waals surface area contributed by atoms with E-state index in [4.69, 9.17) is 9.72 Å². The van der Waals surface area contributed by atoms with Crippen molar-refractivity contribution in [2.45, 2.75) is 45.1 Å². The van der Waals surface area contributed by atoms with Crippen molar-refractivity contribution in [2.75, 3.05) is 29.9 Å². The molecule has 1 saturated heterocycles. The van der Waals surface area contributed by atoms with Gasteiger partial charge in [-0.15, -0.1) is 16.4 Å². The Kier molecular flexibility index (Phi) is 8.29. The number of aromatic amines is 1. The van der Waals surface area contributed by atoms with E-state index in [1.807, 2.05) is 10.3 Å². The SMILES string of the molecule is [CH2]CNC(=O)OC1CCN(c2nc3cc(C(=O)Nc4nc(C(C)(C)C)cs4)ccn3c(=O)c2C=Cc2nnn[nH]2)CC1. The second-order valence-corrected chi connectivity index (χ2v) is 11.5. The summed E-state index contributed by atoms with van der Waals surface area (Å²) >= 11 is 1.36. The predicted octanol–water partition coefficient (Wildman–Crippen LogP) is 2.91. The normalized spacial score (nSPS) is 14.4. The first kappa shape index (κ1) is 28.9. The molecule has 219 valence electrons. The third-order valence-electron chi connectivity index (χ3n) is 6.65. The Labute approximate surface area is 245 Å². The van der Waals surface area contributed by atoms with Crippen molar-refractivity contribution in [3.05, 3.63) is 63.6 Å². The fourth-order valence-corrected chi connectivity index (χ4v) is 5.33. The third kappa shape index (κ3) is 6.46. The molecule has 0 spiro atoms. The number of anilines is 2. The monoisotopic (exact) mass is 591 g/mol. The summed E-state index contributed by atoms with van der Waals surface area (Å²) in [7, 11) is 0. The van der Waals surface area contributed by atoms with Crippen molar-refractivity contribution in [1.82, 2.24) is 40.3 Å². The lowest BCUT2D eigenvalue weighted by Crippen LogP contribution is -2.41. The van der Waals surface area contributed by atoms with E-state index in [9.17, 15) is 14.4 Å². The van der Waals surface area contributed by atoms with Crippen LogP contribution in [0, 0.1) is 6.92 Å². The Morgan fingerprint density at radius 2 is 2.02 bits per heavy atom. The third-order valence-corrected chi connectivity index (χ3v) is 7.41. The molecule has 0 aliphatic carbocycles. The molecular formula is C27H31N10O4S. The standard InChI is InChI=1S/C27H31N10O4S/c1-5-28-26(40)41-17-9-11-36(12-10-17)22-18(6-7-20-32-34-35-33-20)24(39)37-13-8-16(14-21(37)30-22)23(38)31-25-29-19(15-42-25)27(2,3)4/h6-8,13-15,17H,1,5,9-12H2,2-4H3,(H,28,40)(H,29,31,38)(H,32,33,34,35). The highest BCUT2D eigenvalue weighted by atomic mass is 32.1. The zero-order chi connectivity index (χ0) is 29.9. The van der Waals surface area contributed by atoms with Crippen molar-refractivity contribution in [1.29, 1.82) is 0 Å². The van der Waals surface area contributed by atoms with Crippen molar-refractivity contribution >= 4 is 52.1 Å². The molecule has 15 heteroatoms. The van der Waals surface area contributed by atoms with Gasteiger partial charge in [-0.25, -0.2) is 19.9 Å². The smallest absolute Gasteiger partial charge is 0.407 e. The van der Waals surface area contributed by atoms with E-state index in [1.54, 1.807) is 24.3 Å². The summed E-state index contributed by atoms with van der Waals surface area (Å²) in [4.78, 5) is 50.0. The number of hydrogen-bond acceptors (Lipinski definition) is 11. The molecule has 1 fully saturated rings. The van der Waals surface area contributed by atoms with Crippen LogP contribution in [0.4, 0.5) is 15.7 Å². The number of carbonyl (C=O) groups is 2. The summed E-state index contributed by atoms with van der Waals surface area (Å²) in [6, 6.07) is 3.14. The Bertz CT molecular complexity index is 1660. The first-order chi connectivity index (χ1) is 20.1. The number of alkyl carbamates (subject to hydrolysis) is 1. The molecule has 0 bridgehead atoms. The van der Waals surface area contributed by atoms with E-state index in [1.165, 1.54) is 21.9 Å². The van der Waals surface area contributed by atoms with Gasteiger partial charge in [-0.05, 0) is 41.6 Å². The zero-order valence-electron chi connectivity index (χ0n) is 23.5. The maximum Gasteiger partial charge on any atom is 0.407 e. The molecule has 42 heavy (non-hydrogen) atoms. The highest BCUT2D eigenvalue weighted by Gasteiger charge is 2.26. The number of aromatic nitrogens is 7. The van der Waals surface area contributed by atoms with E-state index >= 15 is 0 Å². The number of hydrogen-bond donors (Lipinski definition) is 3. The number of ether oxygens (including phenoxy) is 1. The number of tetrazole rings is 1. The van der Waals surface area contributed by atoms with Crippen LogP contribution in [0.3, 0.4) is 0 Å². The van der Waals surface area contributed by atoms with Gasteiger partial charge in [0, 0.05) is 55.0 Å². The van der Waals surface area contributed by atoms with Gasteiger partial charge in [-0.1, -0.05) is 20.8 Å². The van der Waals surface area contributed by atoms with Crippen LogP contribution < -0.4 is 21.1 Å². The van der Waals surface area contributed by atoms with Crippen LogP contribution in [-0.4, -0.2) is 72.7 Å². The lowest BCUT2D eigenvalue weighted by Gasteiger charge is -2.33. The van der Waals surface area contributed by atoms with E-state index in [0.717, 1.165) is 5.69 Å². The molecule has 4 aromatic rings. The minimum Gasteiger partial charge on any atom is -0.446 e. The van der Waals surface area contributed by atoms with Crippen LogP contribution in [0.15, 0.2) is 28.5 Å². The number of H-pyrrole nitrogens is 1. The molecule has 1 aliphatic rings. The molecule has 14 nitrogen and oxygen atoms in total. The van der Waals surface area contributed by atoms with Crippen LogP contribution >= 0.6 is 11.3 Å². The molecule has 4 aromatic heterocycles. The van der Waals surface area contributed by atoms with Gasteiger partial charge in [0.25, 0.3) is 11.5 Å². The molecule has 5 rings (SSSR count). The lowest BCUT2D eigenvalue weighted by atomic mass is 9.93. The second kappa shape index (κ2) is 12.1. The molecule has 0 atom stereocenters. The second-order valence-electron chi connectivity index (χ2n) is 10.7. The fourth-order valence-electron chi connectivity index (χ4n) is 4.39. The van der Waals surface area contributed by atoms with Crippen molar-refractivity contribution < 1.29 is 14.3 Å². The van der Waals surface area contributed by atoms with E-state index in [0.29, 0.717) is 59.5 Å². The van der Waals surface area contributed by atoms with Gasteiger partial charge in [-0.2, -0.15) is 0 Å². The largest absolute Gasteiger partial charge is 0.446 e. The molecule has 3 N–H and O–H groups in total. The average Bonchev–Trinajstić information content (AvgIpc) is 3.65. The molecular weight excluding hydrogens is 560 g/mol. The summed E-state index contributed by atoms with van der Waals surface area (Å²) in [6.45, 7) is 11.0. The molecule has 1 aliphatic heterocycles. The maximum absolute atomic E-state index is 13.7. The quantitative estimate of drug-likeness (QED) is 0.290. The first-order valence-corrected chi connectivity index (χ1v) is 14.2. The zero-order valence-corrected chi connectivity index (χ0v) is 24.3. The van der Waals surface area contributed by atoms with E-state index < -0.39 is 6.09 Å². The summed E-state index contributed by atoms with van der Waals surface area (Å²) in [5.41, 5.74) is 1.39. The number of thiazole rings is 1. The Morgan fingerprint density at radius 3 is 2.69 bits per heavy atom. The molecule has 0 unspecified atom stereocenters. The molecule has 1 radical (unpaired) electrons. The summed E-state index contributed by atoms with van der Waals surface area (Å²) in [5.74, 6) is 0.456. The minimum atomic E-state index is -0.506. The predicted molar refractivity (Wildman–Crippen MR) is 158 cm³/mol. The number of rotatable bonds is 7. The van der Waals surface area contributed by atoms with Crippen LogP contribution in [0.25, 0.3) is 17.8 Å². The molecule has 0 aromatic carbocycles. The highest BCUT2D eigenvalue weighted by Crippen LogP contribution is 2.27. The summed E-state index contributed by atoms with van der Waals surface area (Å²) in [6.07, 6.45) is 5.05. The highest BCUT2D eigenvalue weighted by molar-refractivity contribution is 7.14. The number of fused-ring (bicyclic) bond motifs is 1. The molecule has 5 heterocycles. The van der Waals surface area contributed by atoms with Crippen molar-refractivity contribution in [3.63, 3.8) is 0 Å². The minimum absolute atomic E-state index is 0.139. The Hall–Kier alpha value is -4.66. The van der Waals surface area contributed by atoms with Gasteiger partial charge in [0.05, 0.1) is 11.3 Å². The maximum atomic E-state index is 13.7. The number of nitrogens with zero attached hydrogens (tertiary/aromatic N) is 7. The molecule has 0 saturated carbocycles. The van der Waals surface area contributed by atoms with Gasteiger partial charge in [-0.3, -0.25) is 19.3 Å². The number of pyridine rings is 1. The topological polar surface area (TPSA) is 172 Å². The van der Waals surface area contributed by atoms with Gasteiger partial charge < -0.3 is 15.0 Å². The van der Waals surface area contributed by atoms with Gasteiger partial charge in [0.2, 0.25) is 0 Å². The van der Waals surface area contributed by atoms with Crippen LogP contribution in [0.2, 0.25) is 0 Å². The number of amides is 2. The number of nitrogens with one attached hydrogen (secondary N) is 3. The first-order valence-electron chi connectivity index (χ1n) is 13.4. The van der Waals surface area contributed by atoms with Gasteiger partial charge in [0.1, 0.15) is 17.6 Å². The molecule has 2 amide bonds. The van der Waals surface area contributed by atoms with Crippen molar-refractivity contribution in [2.24, 2.45) is 0 Å². The van der Waals surface area contributed by atoms with Crippen molar-refractivity contribution in [3.8, 4) is 0 Å². The van der Waals surface area contributed by atoms with Crippen LogP contribution in [0.5, 0.6) is 0 Å². The van der Waals surface area contributed by atoms with E-state index in [2.05, 4.69) is 63.9 Å². The Balaban J connectivity index is 1.45. The van der Waals surface area contributed by atoms with Gasteiger partial charge >= 0.3 is 6.09 Å². The van der Waals surface area contributed by atoms with Gasteiger partial charge in [0.15, 0.2) is 11.0 Å². The lowest BCUT2D eigenvalue weighted by molar-refractivity contribution is 0.0839. The average molecular weight is 592 g/mol. The van der Waals surface area contributed by atoms with Crippen LogP contribution in [0.1, 0.15) is 61.1 Å². The van der Waals surface area contributed by atoms with E-state index in [-0.39, 0.29) is 29.5 Å². The number of piperidine rings is 1. The Morgan fingerprint density at radius 1 is 1.24 bits per heavy atom.